The van der Waals surface area contributed by atoms with Crippen LogP contribution in [0.15, 0.2) is 0 Å². The molecule has 104 valence electrons. The first-order valence-electron chi connectivity index (χ1n) is 2.10. The van der Waals surface area contributed by atoms with E-state index in [0.717, 1.165) is 0 Å². The van der Waals surface area contributed by atoms with Gasteiger partial charge in [-0.2, -0.15) is 9.90 Å². The zero-order chi connectivity index (χ0) is 13.5. The molecule has 0 aromatic rings. The molecule has 0 aromatic carbocycles. The molecule has 0 aliphatic rings. The van der Waals surface area contributed by atoms with Gasteiger partial charge in [0.25, 0.3) is 0 Å². The van der Waals surface area contributed by atoms with E-state index in [9.17, 15) is 0 Å². The second kappa shape index (κ2) is 9.60. The third-order valence-corrected chi connectivity index (χ3v) is 0. The molecule has 0 spiro atoms. The van der Waals surface area contributed by atoms with Gasteiger partial charge in [-0.3, -0.25) is 0 Å². The van der Waals surface area contributed by atoms with Crippen LogP contribution in [0.2, 0.25) is 0 Å². The van der Waals surface area contributed by atoms with Gasteiger partial charge in [-0.05, 0) is 0 Å². The van der Waals surface area contributed by atoms with Crippen molar-refractivity contribution in [3.05, 3.63) is 0 Å². The Morgan fingerprint density at radius 2 is 0.438 bits per heavy atom. The molecule has 6 N–H and O–H groups in total. The van der Waals surface area contributed by atoms with Gasteiger partial charge in [0, 0.05) is 0 Å². The summed E-state index contributed by atoms with van der Waals surface area (Å²) in [5.41, 5.74) is 0. The van der Waals surface area contributed by atoms with Crippen LogP contribution in [0.1, 0.15) is 0 Å². The molecule has 0 saturated carbocycles. The predicted octanol–water partition coefficient (Wildman–Crippen LogP) is -4.00. The molecule has 0 rings (SSSR count). The van der Waals surface area contributed by atoms with Crippen LogP contribution in [0.5, 0.6) is 0 Å². The van der Waals surface area contributed by atoms with Gasteiger partial charge in [-0.1, -0.05) is 0 Å². The summed E-state index contributed by atoms with van der Waals surface area (Å²) in [7, 11) is 0. The summed E-state index contributed by atoms with van der Waals surface area (Å²) in [6.07, 6.45) is 0. The third-order valence-electron chi connectivity index (χ3n) is 0. The summed E-state index contributed by atoms with van der Waals surface area (Å²) >= 11 is -15.8. The topological polar surface area (TPSA) is 224 Å². The second-order valence-electron chi connectivity index (χ2n) is 1.34. The Hall–Kier alpha value is 0.587. The van der Waals surface area contributed by atoms with Gasteiger partial charge >= 0.3 is 88.6 Å². The first-order chi connectivity index (χ1) is 6.00. The molecule has 0 radical (unpaired) electrons. The van der Waals surface area contributed by atoms with Crippen LogP contribution in [-0.4, -0.2) is 24.9 Å². The van der Waals surface area contributed by atoms with Crippen molar-refractivity contribution >= 4 is 9.90 Å². The summed E-state index contributed by atoms with van der Waals surface area (Å²) in [5.74, 6) is 0. The molecule has 0 aliphatic heterocycles. The number of hydrogen-bond acceptors (Lipinski definition) is 6. The first-order valence-corrected chi connectivity index (χ1v) is 8.64. The Labute approximate surface area is 98.3 Å². The van der Waals surface area contributed by atoms with Gasteiger partial charge in [-0.25, -0.2) is 0 Å². The Bertz CT molecular complexity index is 337. The van der Waals surface area contributed by atoms with E-state index in [1.807, 2.05) is 0 Å². The average Bonchev–Trinajstić information content (AvgIpc) is 1.41. The maximum atomic E-state index is 8.82. The molecular weight excluding hydrogens is 379 g/mol. The Kier molecular flexibility index (Phi) is 15.3. The fourth-order valence-electron chi connectivity index (χ4n) is 0. The summed E-state index contributed by atoms with van der Waals surface area (Å²) in [6.45, 7) is 0. The van der Waals surface area contributed by atoms with Crippen molar-refractivity contribution in [2.75, 3.05) is 0 Å². The predicted molar refractivity (Wildman–Crippen MR) is 28.5 cm³/mol. The molecule has 0 aliphatic carbocycles. The Balaban J connectivity index is -0.0000000655. The third kappa shape index (κ3) is 7810. The van der Waals surface area contributed by atoms with E-state index >= 15 is 0 Å². The van der Waals surface area contributed by atoms with E-state index in [1.165, 1.54) is 0 Å². The van der Waals surface area contributed by atoms with Crippen molar-refractivity contribution in [3.8, 4) is 0 Å². The van der Waals surface area contributed by atoms with Crippen molar-refractivity contribution in [2.24, 2.45) is 0 Å². The van der Waals surface area contributed by atoms with Crippen LogP contribution in [0.25, 0.3) is 0 Å². The molecular formula is H9Cr3O12P. The zero-order valence-corrected chi connectivity index (χ0v) is 12.3. The fourth-order valence-corrected chi connectivity index (χ4v) is 0. The maximum absolute atomic E-state index is 8.82. The van der Waals surface area contributed by atoms with E-state index in [1.54, 1.807) is 0 Å². The van der Waals surface area contributed by atoms with Gasteiger partial charge < -0.3 is 0 Å². The minimum absolute atomic E-state index is 0. The van der Waals surface area contributed by atoms with Crippen molar-refractivity contribution < 1.29 is 88.6 Å². The number of rotatable bonds is 0. The van der Waals surface area contributed by atoms with E-state index in [2.05, 4.69) is 0 Å². The van der Waals surface area contributed by atoms with Crippen LogP contribution >= 0.6 is 9.90 Å². The summed E-state index contributed by atoms with van der Waals surface area (Å²) < 4.78 is 95.6. The SMILES string of the molecule is P.[O]=[Cr](=[O])([OH])[OH].[O]=[Cr](=[O])([OH])[OH].[O]=[Cr](=[O])([OH])[OH]. The summed E-state index contributed by atoms with van der Waals surface area (Å²) in [4.78, 5) is 0. The van der Waals surface area contributed by atoms with Crippen LogP contribution in [-0.2, 0) is 63.7 Å². The minimum atomic E-state index is -5.25. The standard InChI is InChI=1S/3Cr.6H2O.6O.H3P/h;;;6*1H2;;;;;;;1H3/q3*+2;;;;;;;;;;;;;/p-6. The molecule has 0 amide bonds. The van der Waals surface area contributed by atoms with Gasteiger partial charge in [0.15, 0.2) is 0 Å². The van der Waals surface area contributed by atoms with Crippen molar-refractivity contribution in [2.45, 2.75) is 0 Å². The quantitative estimate of drug-likeness (QED) is 0.218. The summed E-state index contributed by atoms with van der Waals surface area (Å²) in [6, 6.07) is 0. The molecule has 0 bridgehead atoms. The Morgan fingerprint density at radius 3 is 0.438 bits per heavy atom. The van der Waals surface area contributed by atoms with Crippen LogP contribution in [0.4, 0.5) is 0 Å². The molecule has 12 nitrogen and oxygen atoms in total. The second-order valence-corrected chi connectivity index (χ2v) is 5.54. The first kappa shape index (κ1) is 25.4. The van der Waals surface area contributed by atoms with Crippen molar-refractivity contribution in [3.63, 3.8) is 0 Å². The van der Waals surface area contributed by atoms with Crippen LogP contribution in [0, 0.1) is 0 Å². The number of hydrogen-bond donors (Lipinski definition) is 6. The van der Waals surface area contributed by atoms with Gasteiger partial charge in [-0.15, -0.1) is 0 Å². The van der Waals surface area contributed by atoms with Crippen LogP contribution < -0.4 is 0 Å². The molecule has 16 heteroatoms. The monoisotopic (exact) mass is 388 g/mol. The molecule has 0 aromatic heterocycles. The van der Waals surface area contributed by atoms with E-state index < -0.39 is 40.8 Å². The molecule has 0 heterocycles. The molecule has 16 heavy (non-hydrogen) atoms. The van der Waals surface area contributed by atoms with Gasteiger partial charge in [0.05, 0.1) is 0 Å². The molecule has 0 saturated heterocycles. The molecule has 0 fully saturated rings. The van der Waals surface area contributed by atoms with E-state index in [-0.39, 0.29) is 9.90 Å². The average molecular weight is 388 g/mol. The zero-order valence-electron chi connectivity index (χ0n) is 7.06. The normalized spacial score (nSPS) is 10.9. The van der Waals surface area contributed by atoms with Gasteiger partial charge in [0.1, 0.15) is 0 Å². The Morgan fingerprint density at radius 1 is 0.438 bits per heavy atom. The van der Waals surface area contributed by atoms with Crippen molar-refractivity contribution in [1.29, 1.82) is 0 Å². The summed E-state index contributed by atoms with van der Waals surface area (Å²) in [5, 5.41) is 0. The van der Waals surface area contributed by atoms with Crippen molar-refractivity contribution in [1.82, 2.24) is 0 Å². The van der Waals surface area contributed by atoms with E-state index in [4.69, 9.17) is 47.8 Å². The molecule has 1 unspecified atom stereocenters. The van der Waals surface area contributed by atoms with E-state index in [0.29, 0.717) is 0 Å². The van der Waals surface area contributed by atoms with Crippen LogP contribution in [0.3, 0.4) is 0 Å². The fraction of sp³-hybridized carbons (Fsp3) is 0. The van der Waals surface area contributed by atoms with Gasteiger partial charge in [0.2, 0.25) is 0 Å². The molecule has 1 atom stereocenters.